The van der Waals surface area contributed by atoms with E-state index in [9.17, 15) is 9.59 Å². The molecule has 0 aromatic heterocycles. The van der Waals surface area contributed by atoms with Gasteiger partial charge in [-0.25, -0.2) is 0 Å². The lowest BCUT2D eigenvalue weighted by Crippen LogP contribution is -2.32. The van der Waals surface area contributed by atoms with Crippen LogP contribution in [0.25, 0.3) is 0 Å². The maximum absolute atomic E-state index is 12.1. The summed E-state index contributed by atoms with van der Waals surface area (Å²) in [5, 5.41) is 5.72. The Hall–Kier alpha value is -1.88. The number of hydrogen-bond acceptors (Lipinski definition) is 3. The van der Waals surface area contributed by atoms with Crippen LogP contribution in [0.3, 0.4) is 0 Å². The number of unbranched alkanes of at least 4 members (excludes halogenated alkanes) is 1. The van der Waals surface area contributed by atoms with Crippen molar-refractivity contribution in [2.24, 2.45) is 0 Å². The van der Waals surface area contributed by atoms with Crippen LogP contribution in [0.1, 0.15) is 53.3 Å². The fraction of sp³-hybridized carbons (Fsp3) is 0.529. The number of hydrogen-bond donors (Lipinski definition) is 2. The Morgan fingerprint density at radius 3 is 2.59 bits per heavy atom. The first kappa shape index (κ1) is 16.5. The zero-order chi connectivity index (χ0) is 15.8. The summed E-state index contributed by atoms with van der Waals surface area (Å²) >= 11 is 0. The smallest absolute Gasteiger partial charge is 0.251 e. The fourth-order valence-electron chi connectivity index (χ4n) is 2.40. The van der Waals surface area contributed by atoms with Crippen molar-refractivity contribution in [2.45, 2.75) is 38.7 Å². The normalized spacial score (nSPS) is 17.2. The van der Waals surface area contributed by atoms with Crippen molar-refractivity contribution >= 4 is 11.8 Å². The number of rotatable bonds is 7. The highest BCUT2D eigenvalue weighted by Gasteiger charge is 2.17. The van der Waals surface area contributed by atoms with E-state index in [1.54, 1.807) is 24.3 Å². The highest BCUT2D eigenvalue weighted by atomic mass is 16.5. The molecule has 0 spiro atoms. The van der Waals surface area contributed by atoms with Crippen LogP contribution in [0.5, 0.6) is 0 Å². The minimum absolute atomic E-state index is 0.115. The molecule has 5 heteroatoms. The highest BCUT2D eigenvalue weighted by molar-refractivity contribution is 5.99. The van der Waals surface area contributed by atoms with Gasteiger partial charge in [-0.2, -0.15) is 0 Å². The predicted octanol–water partition coefficient (Wildman–Crippen LogP) is 2.13. The van der Waals surface area contributed by atoms with Gasteiger partial charge in [-0.15, -0.1) is 0 Å². The second kappa shape index (κ2) is 8.54. The van der Waals surface area contributed by atoms with E-state index in [0.29, 0.717) is 24.2 Å². The lowest BCUT2D eigenvalue weighted by atomic mass is 10.1. The van der Waals surface area contributed by atoms with Crippen LogP contribution < -0.4 is 10.6 Å². The lowest BCUT2D eigenvalue weighted by Gasteiger charge is -2.11. The van der Waals surface area contributed by atoms with E-state index in [1.165, 1.54) is 0 Å². The van der Waals surface area contributed by atoms with E-state index < -0.39 is 0 Å². The zero-order valence-corrected chi connectivity index (χ0v) is 13.1. The summed E-state index contributed by atoms with van der Waals surface area (Å²) in [5.74, 6) is -0.305. The molecule has 1 fully saturated rings. The summed E-state index contributed by atoms with van der Waals surface area (Å²) in [6.07, 6.45) is 4.14. The Bertz CT molecular complexity index is 510. The third kappa shape index (κ3) is 4.84. The molecule has 1 aromatic carbocycles. The average molecular weight is 304 g/mol. The molecule has 0 saturated carbocycles. The number of carbonyl (C=O) groups excluding carboxylic acids is 2. The van der Waals surface area contributed by atoms with Crippen LogP contribution in [0, 0.1) is 0 Å². The van der Waals surface area contributed by atoms with Gasteiger partial charge in [0.05, 0.1) is 6.10 Å². The number of benzene rings is 1. The summed E-state index contributed by atoms with van der Waals surface area (Å²) in [6, 6.07) is 6.80. The maximum Gasteiger partial charge on any atom is 0.251 e. The van der Waals surface area contributed by atoms with Crippen LogP contribution in [-0.2, 0) is 4.74 Å². The largest absolute Gasteiger partial charge is 0.376 e. The third-order valence-corrected chi connectivity index (χ3v) is 3.72. The lowest BCUT2D eigenvalue weighted by molar-refractivity contribution is 0.0858. The number of carbonyl (C=O) groups is 2. The topological polar surface area (TPSA) is 67.4 Å². The third-order valence-electron chi connectivity index (χ3n) is 3.72. The van der Waals surface area contributed by atoms with Gasteiger partial charge in [-0.3, -0.25) is 9.59 Å². The van der Waals surface area contributed by atoms with Gasteiger partial charge in [0, 0.05) is 30.8 Å². The first-order chi connectivity index (χ1) is 10.7. The zero-order valence-electron chi connectivity index (χ0n) is 13.1. The molecule has 1 atom stereocenters. The van der Waals surface area contributed by atoms with Crippen LogP contribution >= 0.6 is 0 Å². The molecule has 2 rings (SSSR count). The van der Waals surface area contributed by atoms with Crippen molar-refractivity contribution in [1.82, 2.24) is 10.6 Å². The molecule has 120 valence electrons. The second-order valence-electron chi connectivity index (χ2n) is 5.54. The van der Waals surface area contributed by atoms with Crippen molar-refractivity contribution < 1.29 is 14.3 Å². The Labute approximate surface area is 131 Å². The van der Waals surface area contributed by atoms with Gasteiger partial charge in [0.1, 0.15) is 0 Å². The van der Waals surface area contributed by atoms with E-state index in [2.05, 4.69) is 17.6 Å². The molecule has 0 radical (unpaired) electrons. The molecule has 5 nitrogen and oxygen atoms in total. The molecule has 1 unspecified atom stereocenters. The molecule has 2 amide bonds. The molecular formula is C17H24N2O3. The second-order valence-corrected chi connectivity index (χ2v) is 5.54. The van der Waals surface area contributed by atoms with E-state index >= 15 is 0 Å². The fourth-order valence-corrected chi connectivity index (χ4v) is 2.40. The van der Waals surface area contributed by atoms with Crippen molar-refractivity contribution in [3.63, 3.8) is 0 Å². The maximum atomic E-state index is 12.1. The van der Waals surface area contributed by atoms with Crippen LogP contribution in [-0.4, -0.2) is 37.6 Å². The molecule has 1 heterocycles. The van der Waals surface area contributed by atoms with Gasteiger partial charge in [0.15, 0.2) is 0 Å². The Balaban J connectivity index is 1.89. The molecule has 1 aliphatic heterocycles. The Morgan fingerprint density at radius 1 is 1.23 bits per heavy atom. The SMILES string of the molecule is CCCCNC(=O)c1cccc(C(=O)NCC2CCCO2)c1. The number of amides is 2. The Kier molecular flexibility index (Phi) is 6.40. The minimum atomic E-state index is -0.168. The number of ether oxygens (including phenoxy) is 1. The van der Waals surface area contributed by atoms with E-state index in [4.69, 9.17) is 4.74 Å². The minimum Gasteiger partial charge on any atom is -0.376 e. The average Bonchev–Trinajstić information content (AvgIpc) is 3.06. The first-order valence-electron chi connectivity index (χ1n) is 7.98. The van der Waals surface area contributed by atoms with E-state index in [0.717, 1.165) is 32.3 Å². The van der Waals surface area contributed by atoms with Gasteiger partial charge in [0.2, 0.25) is 0 Å². The first-order valence-corrected chi connectivity index (χ1v) is 7.98. The van der Waals surface area contributed by atoms with Crippen LogP contribution in [0.4, 0.5) is 0 Å². The molecule has 2 N–H and O–H groups in total. The van der Waals surface area contributed by atoms with E-state index in [-0.39, 0.29) is 17.9 Å². The molecule has 0 aliphatic carbocycles. The number of nitrogens with one attached hydrogen (secondary N) is 2. The van der Waals surface area contributed by atoms with Gasteiger partial charge < -0.3 is 15.4 Å². The standard InChI is InChI=1S/C17H24N2O3/c1-2-3-9-18-16(20)13-6-4-7-14(11-13)17(21)19-12-15-8-5-10-22-15/h4,6-7,11,15H,2-3,5,8-10,12H2,1H3,(H,18,20)(H,19,21). The molecule has 1 aromatic rings. The van der Waals surface area contributed by atoms with Crippen molar-refractivity contribution in [2.75, 3.05) is 19.7 Å². The summed E-state index contributed by atoms with van der Waals surface area (Å²) in [4.78, 5) is 24.1. The van der Waals surface area contributed by atoms with Crippen LogP contribution in [0.15, 0.2) is 24.3 Å². The van der Waals surface area contributed by atoms with Crippen molar-refractivity contribution in [3.8, 4) is 0 Å². The molecular weight excluding hydrogens is 280 g/mol. The summed E-state index contributed by atoms with van der Waals surface area (Å²) in [6.45, 7) is 4.02. The molecule has 0 bridgehead atoms. The van der Waals surface area contributed by atoms with Gasteiger partial charge >= 0.3 is 0 Å². The van der Waals surface area contributed by atoms with Crippen molar-refractivity contribution in [3.05, 3.63) is 35.4 Å². The van der Waals surface area contributed by atoms with Gasteiger partial charge in [-0.05, 0) is 37.5 Å². The van der Waals surface area contributed by atoms with Crippen molar-refractivity contribution in [1.29, 1.82) is 0 Å². The monoisotopic (exact) mass is 304 g/mol. The van der Waals surface area contributed by atoms with Crippen LogP contribution in [0.2, 0.25) is 0 Å². The van der Waals surface area contributed by atoms with Gasteiger partial charge in [-0.1, -0.05) is 19.4 Å². The molecule has 1 aliphatic rings. The molecule has 22 heavy (non-hydrogen) atoms. The highest BCUT2D eigenvalue weighted by Crippen LogP contribution is 2.11. The summed E-state index contributed by atoms with van der Waals surface area (Å²) in [5.41, 5.74) is 1.02. The summed E-state index contributed by atoms with van der Waals surface area (Å²) in [7, 11) is 0. The van der Waals surface area contributed by atoms with Gasteiger partial charge in [0.25, 0.3) is 11.8 Å². The molecule has 1 saturated heterocycles. The van der Waals surface area contributed by atoms with E-state index in [1.807, 2.05) is 0 Å². The summed E-state index contributed by atoms with van der Waals surface area (Å²) < 4.78 is 5.48. The quantitative estimate of drug-likeness (QED) is 0.758. The predicted molar refractivity (Wildman–Crippen MR) is 85.0 cm³/mol. The Morgan fingerprint density at radius 2 is 1.95 bits per heavy atom.